The van der Waals surface area contributed by atoms with Crippen molar-refractivity contribution in [2.24, 2.45) is 15.9 Å². The van der Waals surface area contributed by atoms with Crippen LogP contribution in [0, 0.1) is 5.92 Å². The Morgan fingerprint density at radius 3 is 2.50 bits per heavy atom. The Morgan fingerprint density at radius 2 is 2.00 bits per heavy atom. The van der Waals surface area contributed by atoms with Gasteiger partial charge >= 0.3 is 12.1 Å². The third kappa shape index (κ3) is 5.31. The first-order valence-electron chi connectivity index (χ1n) is 8.70. The number of aliphatic imine (C=N–C) groups is 2. The first-order chi connectivity index (χ1) is 12.2. The number of amidine groups is 1. The second-order valence-electron chi connectivity index (χ2n) is 7.60. The lowest BCUT2D eigenvalue weighted by atomic mass is 9.89. The average molecular weight is 364 g/mol. The van der Waals surface area contributed by atoms with Gasteiger partial charge in [-0.15, -0.1) is 0 Å². The lowest BCUT2D eigenvalue weighted by molar-refractivity contribution is -0.138. The number of nitrogens with zero attached hydrogens (tertiary/aromatic N) is 3. The highest BCUT2D eigenvalue weighted by Gasteiger charge is 2.55. The number of methoxy groups -OCH3 is 1. The van der Waals surface area contributed by atoms with E-state index in [9.17, 15) is 9.59 Å². The Kier molecular flexibility index (Phi) is 6.05. The number of carbonyl (C=O) groups excluding carboxylic acids is 2. The van der Waals surface area contributed by atoms with E-state index in [4.69, 9.17) is 4.74 Å². The summed E-state index contributed by atoms with van der Waals surface area (Å²) in [5.41, 5.74) is -0.688. The van der Waals surface area contributed by atoms with Crippen LogP contribution in [-0.4, -0.2) is 66.9 Å². The molecular weight excluding hydrogens is 336 g/mol. The number of rotatable bonds is 6. The summed E-state index contributed by atoms with van der Waals surface area (Å²) in [4.78, 5) is 33.5. The summed E-state index contributed by atoms with van der Waals surface area (Å²) >= 11 is 0. The number of likely N-dealkylation sites (tertiary alicyclic amines) is 1. The van der Waals surface area contributed by atoms with Crippen LogP contribution in [0.25, 0.3) is 0 Å². The van der Waals surface area contributed by atoms with Crippen LogP contribution in [-0.2, 0) is 14.3 Å². The SMILES string of the molecule is C=CN=C(C=NCC(=O)OC)N1CC(C2(NC(=O)OC(C)(C)C)CC2)C1. The van der Waals surface area contributed by atoms with Crippen molar-refractivity contribution < 1.29 is 19.1 Å². The molecule has 1 saturated heterocycles. The van der Waals surface area contributed by atoms with E-state index in [-0.39, 0.29) is 18.2 Å². The lowest BCUT2D eigenvalue weighted by Crippen LogP contribution is -2.60. The molecule has 0 aromatic rings. The molecule has 1 aliphatic carbocycles. The lowest BCUT2D eigenvalue weighted by Gasteiger charge is -2.45. The van der Waals surface area contributed by atoms with Crippen molar-refractivity contribution in [1.29, 1.82) is 0 Å². The molecule has 0 spiro atoms. The molecule has 2 aliphatic rings. The summed E-state index contributed by atoms with van der Waals surface area (Å²) in [5, 5.41) is 3.04. The first-order valence-corrected chi connectivity index (χ1v) is 8.70. The summed E-state index contributed by atoms with van der Waals surface area (Å²) in [6, 6.07) is 0. The van der Waals surface area contributed by atoms with Crippen LogP contribution in [0.15, 0.2) is 22.8 Å². The maximum Gasteiger partial charge on any atom is 0.408 e. The minimum atomic E-state index is -0.508. The molecule has 0 unspecified atom stereocenters. The fourth-order valence-electron chi connectivity index (χ4n) is 2.85. The van der Waals surface area contributed by atoms with Gasteiger partial charge in [-0.05, 0) is 33.6 Å². The fourth-order valence-corrected chi connectivity index (χ4v) is 2.85. The second-order valence-corrected chi connectivity index (χ2v) is 7.60. The zero-order valence-corrected chi connectivity index (χ0v) is 15.9. The molecule has 0 atom stereocenters. The van der Waals surface area contributed by atoms with Crippen LogP contribution < -0.4 is 5.32 Å². The van der Waals surface area contributed by atoms with Crippen molar-refractivity contribution in [3.63, 3.8) is 0 Å². The number of alkyl carbamates (subject to hydrolysis) is 1. The highest BCUT2D eigenvalue weighted by molar-refractivity contribution is 6.29. The van der Waals surface area contributed by atoms with Crippen molar-refractivity contribution in [2.45, 2.75) is 44.8 Å². The summed E-state index contributed by atoms with van der Waals surface area (Å²) < 4.78 is 9.92. The van der Waals surface area contributed by atoms with Crippen molar-refractivity contribution in [3.05, 3.63) is 12.8 Å². The molecule has 26 heavy (non-hydrogen) atoms. The van der Waals surface area contributed by atoms with Gasteiger partial charge < -0.3 is 19.7 Å². The van der Waals surface area contributed by atoms with Crippen molar-refractivity contribution >= 4 is 24.1 Å². The van der Waals surface area contributed by atoms with E-state index in [1.165, 1.54) is 13.3 Å². The van der Waals surface area contributed by atoms with Gasteiger partial charge in [-0.1, -0.05) is 6.58 Å². The molecule has 1 N–H and O–H groups in total. The molecule has 0 aromatic heterocycles. The number of hydrogen-bond donors (Lipinski definition) is 1. The summed E-state index contributed by atoms with van der Waals surface area (Å²) in [5.74, 6) is 0.575. The van der Waals surface area contributed by atoms with E-state index < -0.39 is 11.6 Å². The zero-order valence-electron chi connectivity index (χ0n) is 15.9. The first kappa shape index (κ1) is 19.9. The number of hydrogen-bond acceptors (Lipinski definition) is 6. The van der Waals surface area contributed by atoms with Gasteiger partial charge in [-0.25, -0.2) is 9.79 Å². The minimum Gasteiger partial charge on any atom is -0.468 e. The van der Waals surface area contributed by atoms with E-state index in [0.29, 0.717) is 11.8 Å². The summed E-state index contributed by atoms with van der Waals surface area (Å²) in [6.45, 7) is 10.6. The predicted octanol–water partition coefficient (Wildman–Crippen LogP) is 1.76. The Bertz CT molecular complexity index is 611. The average Bonchev–Trinajstić information content (AvgIpc) is 3.23. The van der Waals surface area contributed by atoms with Gasteiger partial charge in [-0.3, -0.25) is 9.79 Å². The maximum atomic E-state index is 12.1. The van der Waals surface area contributed by atoms with Crippen LogP contribution in [0.5, 0.6) is 0 Å². The van der Waals surface area contributed by atoms with Gasteiger partial charge in [0.1, 0.15) is 18.0 Å². The predicted molar refractivity (Wildman–Crippen MR) is 99.4 cm³/mol. The zero-order chi connectivity index (χ0) is 19.4. The molecule has 2 rings (SSSR count). The van der Waals surface area contributed by atoms with Crippen LogP contribution in [0.1, 0.15) is 33.6 Å². The smallest absolute Gasteiger partial charge is 0.408 e. The molecule has 0 radical (unpaired) electrons. The van der Waals surface area contributed by atoms with E-state index in [1.807, 2.05) is 25.7 Å². The normalized spacial score (nSPS) is 19.7. The number of esters is 1. The van der Waals surface area contributed by atoms with Gasteiger partial charge in [-0.2, -0.15) is 0 Å². The van der Waals surface area contributed by atoms with Crippen LogP contribution in [0.4, 0.5) is 4.79 Å². The van der Waals surface area contributed by atoms with E-state index in [2.05, 4.69) is 26.6 Å². The summed E-state index contributed by atoms with van der Waals surface area (Å²) in [7, 11) is 1.32. The quantitative estimate of drug-likeness (QED) is 0.440. The number of carbonyl (C=O) groups is 2. The van der Waals surface area contributed by atoms with Gasteiger partial charge in [0.2, 0.25) is 0 Å². The van der Waals surface area contributed by atoms with Gasteiger partial charge in [0.15, 0.2) is 0 Å². The third-order valence-corrected chi connectivity index (χ3v) is 4.40. The van der Waals surface area contributed by atoms with E-state index in [1.54, 1.807) is 6.21 Å². The standard InChI is InChI=1S/C18H28N4O4/c1-6-20-14(9-19-10-15(23)25-5)22-11-13(12-22)18(7-8-18)21-16(24)26-17(2,3)4/h6,9,13H,1,7-8,10-12H2,2-5H3,(H,21,24). The molecule has 1 heterocycles. The van der Waals surface area contributed by atoms with E-state index in [0.717, 1.165) is 25.9 Å². The Balaban J connectivity index is 1.87. The molecule has 8 nitrogen and oxygen atoms in total. The fraction of sp³-hybridized carbons (Fsp3) is 0.667. The topological polar surface area (TPSA) is 92.6 Å². The summed E-state index contributed by atoms with van der Waals surface area (Å²) in [6.07, 6.45) is 4.53. The van der Waals surface area contributed by atoms with Gasteiger partial charge in [0.05, 0.1) is 13.3 Å². The van der Waals surface area contributed by atoms with E-state index >= 15 is 0 Å². The Morgan fingerprint density at radius 1 is 1.35 bits per heavy atom. The largest absolute Gasteiger partial charge is 0.468 e. The molecular formula is C18H28N4O4. The van der Waals surface area contributed by atoms with Crippen LogP contribution >= 0.6 is 0 Å². The molecule has 1 aliphatic heterocycles. The second kappa shape index (κ2) is 7.88. The van der Waals surface area contributed by atoms with Crippen LogP contribution in [0.2, 0.25) is 0 Å². The highest BCUT2D eigenvalue weighted by Crippen LogP contribution is 2.46. The molecule has 1 saturated carbocycles. The Labute approximate surface area is 154 Å². The molecule has 2 fully saturated rings. The third-order valence-electron chi connectivity index (χ3n) is 4.40. The van der Waals surface area contributed by atoms with Gasteiger partial charge in [0.25, 0.3) is 0 Å². The van der Waals surface area contributed by atoms with Crippen LogP contribution in [0.3, 0.4) is 0 Å². The molecule has 0 aromatic carbocycles. The molecule has 144 valence electrons. The van der Waals surface area contributed by atoms with Crippen molar-refractivity contribution in [3.8, 4) is 0 Å². The van der Waals surface area contributed by atoms with Crippen molar-refractivity contribution in [1.82, 2.24) is 10.2 Å². The van der Waals surface area contributed by atoms with Crippen molar-refractivity contribution in [2.75, 3.05) is 26.7 Å². The molecule has 0 bridgehead atoms. The monoisotopic (exact) mass is 364 g/mol. The van der Waals surface area contributed by atoms with Gasteiger partial charge in [0, 0.05) is 30.7 Å². The number of amides is 1. The maximum absolute atomic E-state index is 12.1. The Hall–Kier alpha value is -2.38. The minimum absolute atomic E-state index is 0.0476. The highest BCUT2D eigenvalue weighted by atomic mass is 16.6. The number of nitrogens with one attached hydrogen (secondary N) is 1. The number of ether oxygens (including phenoxy) is 2. The molecule has 8 heteroatoms. The molecule has 1 amide bonds.